The van der Waals surface area contributed by atoms with Crippen molar-refractivity contribution in [1.82, 2.24) is 5.32 Å². The van der Waals surface area contributed by atoms with Crippen LogP contribution in [0, 0.1) is 11.3 Å². The van der Waals surface area contributed by atoms with Gasteiger partial charge in [0, 0.05) is 4.47 Å². The van der Waals surface area contributed by atoms with Crippen molar-refractivity contribution in [2.24, 2.45) is 0 Å². The molecule has 1 aliphatic rings. The van der Waals surface area contributed by atoms with Crippen LogP contribution in [-0.4, -0.2) is 11.7 Å². The molecule has 0 spiro atoms. The van der Waals surface area contributed by atoms with Crippen molar-refractivity contribution in [1.29, 1.82) is 5.26 Å². The maximum atomic E-state index is 12.1. The lowest BCUT2D eigenvalue weighted by molar-refractivity contribution is -0.117. The fourth-order valence-corrected chi connectivity index (χ4v) is 4.86. The summed E-state index contributed by atoms with van der Waals surface area (Å²) in [6.45, 7) is 2.13. The number of nitrogens with one attached hydrogen (secondary N) is 1. The lowest BCUT2D eigenvalue weighted by atomic mass is 10.2. The molecule has 110 valence electrons. The highest BCUT2D eigenvalue weighted by Gasteiger charge is 2.28. The first kappa shape index (κ1) is 16.5. The third-order valence-electron chi connectivity index (χ3n) is 2.91. The second kappa shape index (κ2) is 7.92. The SMILES string of the molecule is CCCCSC1=C(C#N)C(=O)NC(c2cccc(Br)c2)S1. The Bertz CT molecular complexity index is 610. The number of benzene rings is 1. The molecular formula is C15H15BrN2OS2. The highest BCUT2D eigenvalue weighted by molar-refractivity contribution is 9.10. The molecule has 0 fully saturated rings. The van der Waals surface area contributed by atoms with Crippen molar-refractivity contribution >= 4 is 45.4 Å². The Morgan fingerprint density at radius 3 is 3.00 bits per heavy atom. The summed E-state index contributed by atoms with van der Waals surface area (Å²) in [4.78, 5) is 12.1. The average molecular weight is 383 g/mol. The van der Waals surface area contributed by atoms with E-state index in [1.807, 2.05) is 30.3 Å². The molecule has 1 unspecified atom stereocenters. The minimum Gasteiger partial charge on any atom is -0.335 e. The van der Waals surface area contributed by atoms with Gasteiger partial charge >= 0.3 is 0 Å². The number of carbonyl (C=O) groups excluding carboxylic acids is 1. The van der Waals surface area contributed by atoms with E-state index in [1.165, 1.54) is 0 Å². The molecule has 3 nitrogen and oxygen atoms in total. The molecule has 0 saturated heterocycles. The molecule has 1 atom stereocenters. The van der Waals surface area contributed by atoms with Gasteiger partial charge in [0.2, 0.25) is 0 Å². The van der Waals surface area contributed by atoms with Crippen molar-refractivity contribution < 1.29 is 4.79 Å². The normalized spacial score (nSPS) is 18.3. The standard InChI is InChI=1S/C15H15BrN2OS2/c1-2-3-7-20-15-12(9-17)13(19)18-14(21-15)10-5-4-6-11(16)8-10/h4-6,8,14H,2-3,7H2,1H3,(H,18,19). The van der Waals surface area contributed by atoms with Gasteiger partial charge < -0.3 is 5.32 Å². The third kappa shape index (κ3) is 4.29. The molecular weight excluding hydrogens is 368 g/mol. The third-order valence-corrected chi connectivity index (χ3v) is 6.05. The summed E-state index contributed by atoms with van der Waals surface area (Å²) in [5.41, 5.74) is 1.26. The summed E-state index contributed by atoms with van der Waals surface area (Å²) in [5, 5.41) is 11.9. The van der Waals surface area contributed by atoms with E-state index in [-0.39, 0.29) is 16.9 Å². The summed E-state index contributed by atoms with van der Waals surface area (Å²) in [5.74, 6) is 0.655. The summed E-state index contributed by atoms with van der Waals surface area (Å²) in [6, 6.07) is 9.90. The molecule has 1 aliphatic heterocycles. The molecule has 0 aliphatic carbocycles. The van der Waals surface area contributed by atoms with Crippen LogP contribution in [0.5, 0.6) is 0 Å². The first-order valence-corrected chi connectivity index (χ1v) is 9.31. The number of amides is 1. The topological polar surface area (TPSA) is 52.9 Å². The number of carbonyl (C=O) groups is 1. The molecule has 0 saturated carbocycles. The summed E-state index contributed by atoms with van der Waals surface area (Å²) in [6.07, 6.45) is 2.19. The van der Waals surface area contributed by atoms with Gasteiger partial charge in [-0.25, -0.2) is 0 Å². The van der Waals surface area contributed by atoms with Gasteiger partial charge in [0.25, 0.3) is 5.91 Å². The number of unbranched alkanes of at least 4 members (excludes halogenated alkanes) is 1. The van der Waals surface area contributed by atoms with E-state index in [0.717, 1.165) is 32.9 Å². The van der Waals surface area contributed by atoms with Crippen LogP contribution in [-0.2, 0) is 4.79 Å². The fraction of sp³-hybridized carbons (Fsp3) is 0.333. The molecule has 0 bridgehead atoms. The van der Waals surface area contributed by atoms with Crippen LogP contribution in [0.1, 0.15) is 30.7 Å². The molecule has 1 aromatic carbocycles. The number of nitriles is 1. The van der Waals surface area contributed by atoms with Crippen LogP contribution >= 0.6 is 39.5 Å². The number of thioether (sulfide) groups is 2. The highest BCUT2D eigenvalue weighted by atomic mass is 79.9. The van der Waals surface area contributed by atoms with Gasteiger partial charge in [0.1, 0.15) is 17.0 Å². The Hall–Kier alpha value is -0.900. The number of nitrogens with zero attached hydrogens (tertiary/aromatic N) is 1. The molecule has 1 aromatic rings. The smallest absolute Gasteiger partial charge is 0.264 e. The first-order chi connectivity index (χ1) is 10.2. The van der Waals surface area contributed by atoms with E-state index >= 15 is 0 Å². The minimum absolute atomic E-state index is 0.142. The van der Waals surface area contributed by atoms with Gasteiger partial charge in [-0.05, 0) is 29.9 Å². The quantitative estimate of drug-likeness (QED) is 0.757. The predicted molar refractivity (Wildman–Crippen MR) is 92.6 cm³/mol. The van der Waals surface area contributed by atoms with E-state index in [9.17, 15) is 10.1 Å². The minimum atomic E-state index is -0.278. The van der Waals surface area contributed by atoms with Gasteiger partial charge in [-0.1, -0.05) is 53.2 Å². The lowest BCUT2D eigenvalue weighted by Gasteiger charge is -2.25. The van der Waals surface area contributed by atoms with Gasteiger partial charge in [-0.2, -0.15) is 5.26 Å². The summed E-state index contributed by atoms with van der Waals surface area (Å²) in [7, 11) is 0. The number of hydrogen-bond acceptors (Lipinski definition) is 4. The summed E-state index contributed by atoms with van der Waals surface area (Å²) >= 11 is 6.60. The van der Waals surface area contributed by atoms with Gasteiger partial charge in [0.15, 0.2) is 0 Å². The average Bonchev–Trinajstić information content (AvgIpc) is 2.47. The van der Waals surface area contributed by atoms with Crippen LogP contribution in [0.25, 0.3) is 0 Å². The Kier molecular flexibility index (Phi) is 6.22. The fourth-order valence-electron chi connectivity index (χ4n) is 1.81. The Morgan fingerprint density at radius 2 is 2.33 bits per heavy atom. The number of rotatable bonds is 5. The second-order valence-corrected chi connectivity index (χ2v) is 7.90. The monoisotopic (exact) mass is 382 g/mol. The van der Waals surface area contributed by atoms with Crippen molar-refractivity contribution in [2.45, 2.75) is 25.1 Å². The van der Waals surface area contributed by atoms with Crippen molar-refractivity contribution in [2.75, 3.05) is 5.75 Å². The zero-order valence-electron chi connectivity index (χ0n) is 11.6. The van der Waals surface area contributed by atoms with E-state index in [2.05, 4.69) is 28.2 Å². The van der Waals surface area contributed by atoms with Crippen LogP contribution in [0.2, 0.25) is 0 Å². The Balaban J connectivity index is 2.21. The predicted octanol–water partition coefficient (Wildman–Crippen LogP) is 4.58. The molecule has 0 radical (unpaired) electrons. The number of halogens is 1. The molecule has 0 aromatic heterocycles. The molecule has 1 heterocycles. The first-order valence-electron chi connectivity index (χ1n) is 6.66. The molecule has 6 heteroatoms. The molecule has 2 rings (SSSR count). The summed E-state index contributed by atoms with van der Waals surface area (Å²) < 4.78 is 1.81. The zero-order valence-corrected chi connectivity index (χ0v) is 14.8. The van der Waals surface area contributed by atoms with Gasteiger partial charge in [-0.3, -0.25) is 4.79 Å². The Morgan fingerprint density at radius 1 is 1.52 bits per heavy atom. The largest absolute Gasteiger partial charge is 0.335 e. The lowest BCUT2D eigenvalue weighted by Crippen LogP contribution is -2.31. The maximum Gasteiger partial charge on any atom is 0.264 e. The van der Waals surface area contributed by atoms with Gasteiger partial charge in [0.05, 0.1) is 4.24 Å². The van der Waals surface area contributed by atoms with E-state index in [1.54, 1.807) is 23.5 Å². The van der Waals surface area contributed by atoms with Crippen molar-refractivity contribution in [3.8, 4) is 6.07 Å². The van der Waals surface area contributed by atoms with Crippen molar-refractivity contribution in [3.05, 3.63) is 44.1 Å². The Labute approximate surface area is 141 Å². The van der Waals surface area contributed by atoms with Crippen LogP contribution in [0.15, 0.2) is 38.5 Å². The van der Waals surface area contributed by atoms with Crippen molar-refractivity contribution in [3.63, 3.8) is 0 Å². The molecule has 1 amide bonds. The van der Waals surface area contributed by atoms with E-state index in [4.69, 9.17) is 0 Å². The zero-order chi connectivity index (χ0) is 15.2. The van der Waals surface area contributed by atoms with Crippen LogP contribution in [0.4, 0.5) is 0 Å². The van der Waals surface area contributed by atoms with E-state index < -0.39 is 0 Å². The second-order valence-electron chi connectivity index (χ2n) is 4.50. The van der Waals surface area contributed by atoms with Gasteiger partial charge in [-0.15, -0.1) is 11.8 Å². The molecule has 21 heavy (non-hydrogen) atoms. The number of hydrogen-bond donors (Lipinski definition) is 1. The van der Waals surface area contributed by atoms with E-state index in [0.29, 0.717) is 0 Å². The molecule has 1 N–H and O–H groups in total. The van der Waals surface area contributed by atoms with Crippen LogP contribution < -0.4 is 5.32 Å². The maximum absolute atomic E-state index is 12.1. The van der Waals surface area contributed by atoms with Crippen LogP contribution in [0.3, 0.4) is 0 Å². The highest BCUT2D eigenvalue weighted by Crippen LogP contribution is 2.44.